The number of aromatic nitrogens is 2. The number of ether oxygens (including phenoxy) is 2. The lowest BCUT2D eigenvalue weighted by Crippen LogP contribution is -2.36. The average Bonchev–Trinajstić information content (AvgIpc) is 3.39. The van der Waals surface area contributed by atoms with E-state index in [0.29, 0.717) is 43.0 Å². The van der Waals surface area contributed by atoms with Gasteiger partial charge in [-0.3, -0.25) is 4.79 Å². The lowest BCUT2D eigenvalue weighted by molar-refractivity contribution is -0.116. The van der Waals surface area contributed by atoms with E-state index in [1.54, 1.807) is 12.0 Å². The van der Waals surface area contributed by atoms with Crippen LogP contribution < -0.4 is 10.1 Å². The molecule has 0 saturated heterocycles. The fourth-order valence-electron chi connectivity index (χ4n) is 4.33. The average molecular weight is 508 g/mol. The maximum Gasteiger partial charge on any atom is 0.410 e. The zero-order valence-corrected chi connectivity index (χ0v) is 21.5. The van der Waals surface area contributed by atoms with E-state index in [1.165, 1.54) is 11.3 Å². The van der Waals surface area contributed by atoms with Crippen LogP contribution in [-0.4, -0.2) is 46.7 Å². The number of nitriles is 1. The number of imidazole rings is 1. The highest BCUT2D eigenvalue weighted by molar-refractivity contribution is 7.16. The summed E-state index contributed by atoms with van der Waals surface area (Å²) in [5.74, 6) is 1.46. The molecule has 0 aliphatic carbocycles. The highest BCUT2D eigenvalue weighted by Crippen LogP contribution is 2.37. The van der Waals surface area contributed by atoms with Gasteiger partial charge in [-0.15, -0.1) is 11.3 Å². The number of hydrogen-bond acceptors (Lipinski definition) is 7. The van der Waals surface area contributed by atoms with E-state index in [0.717, 1.165) is 33.3 Å². The summed E-state index contributed by atoms with van der Waals surface area (Å²) in [6.45, 7) is 5.45. The summed E-state index contributed by atoms with van der Waals surface area (Å²) in [5, 5.41) is 13.2. The Hall–Kier alpha value is -3.84. The molecule has 10 heteroatoms. The number of hydrogen-bond donors (Lipinski definition) is 1. The molecule has 9 nitrogen and oxygen atoms in total. The Morgan fingerprint density at radius 2 is 2.08 bits per heavy atom. The van der Waals surface area contributed by atoms with Gasteiger partial charge in [0, 0.05) is 24.0 Å². The molecule has 36 heavy (non-hydrogen) atoms. The summed E-state index contributed by atoms with van der Waals surface area (Å²) in [4.78, 5) is 32.2. The molecule has 0 radical (unpaired) electrons. The van der Waals surface area contributed by atoms with E-state index in [4.69, 9.17) is 9.47 Å². The number of aryl methyl sites for hydroxylation is 3. The van der Waals surface area contributed by atoms with Crippen LogP contribution in [0.15, 0.2) is 30.5 Å². The minimum absolute atomic E-state index is 0.169. The van der Waals surface area contributed by atoms with Gasteiger partial charge in [0.1, 0.15) is 29.3 Å². The molecule has 1 N–H and O–H groups in total. The molecule has 188 valence electrons. The minimum Gasteiger partial charge on any atom is -0.496 e. The molecule has 4 rings (SSSR count). The van der Waals surface area contributed by atoms with Crippen LogP contribution >= 0.6 is 11.3 Å². The molecule has 3 heterocycles. The Morgan fingerprint density at radius 3 is 2.81 bits per heavy atom. The third-order valence-electron chi connectivity index (χ3n) is 6.15. The predicted molar refractivity (Wildman–Crippen MR) is 136 cm³/mol. The second-order valence-electron chi connectivity index (χ2n) is 8.59. The summed E-state index contributed by atoms with van der Waals surface area (Å²) in [7, 11) is 1.61. The van der Waals surface area contributed by atoms with Crippen LogP contribution in [0.5, 0.6) is 5.75 Å². The molecular formula is C26H29N5O4S. The smallest absolute Gasteiger partial charge is 0.410 e. The van der Waals surface area contributed by atoms with E-state index in [9.17, 15) is 14.9 Å². The number of rotatable bonds is 8. The van der Waals surface area contributed by atoms with Crippen molar-refractivity contribution in [3.05, 3.63) is 63.5 Å². The largest absolute Gasteiger partial charge is 0.496 e. The number of nitrogens with zero attached hydrogens (tertiary/aromatic N) is 4. The van der Waals surface area contributed by atoms with Gasteiger partial charge in [-0.25, -0.2) is 9.78 Å². The number of fused-ring (bicyclic) bond motifs is 1. The van der Waals surface area contributed by atoms with Gasteiger partial charge in [0.25, 0.3) is 0 Å². The lowest BCUT2D eigenvalue weighted by Gasteiger charge is -2.26. The van der Waals surface area contributed by atoms with Gasteiger partial charge in [0.05, 0.1) is 31.5 Å². The fraction of sp³-hybridized carbons (Fsp3) is 0.385. The third kappa shape index (κ3) is 5.69. The quantitative estimate of drug-likeness (QED) is 0.489. The zero-order chi connectivity index (χ0) is 25.7. The first-order valence-corrected chi connectivity index (χ1v) is 12.6. The molecule has 1 aromatic carbocycles. The second-order valence-corrected chi connectivity index (χ2v) is 9.69. The van der Waals surface area contributed by atoms with Crippen LogP contribution in [0, 0.1) is 25.2 Å². The molecule has 0 fully saturated rings. The fourth-order valence-corrected chi connectivity index (χ4v) is 5.56. The van der Waals surface area contributed by atoms with E-state index in [1.807, 2.05) is 48.9 Å². The monoisotopic (exact) mass is 507 g/mol. The van der Waals surface area contributed by atoms with Crippen molar-refractivity contribution >= 4 is 28.3 Å². The number of para-hydroxylation sites is 1. The number of thiophene rings is 1. The summed E-state index contributed by atoms with van der Waals surface area (Å²) in [6.07, 6.45) is 2.88. The molecular weight excluding hydrogens is 478 g/mol. The van der Waals surface area contributed by atoms with Crippen molar-refractivity contribution < 1.29 is 19.1 Å². The first-order chi connectivity index (χ1) is 17.4. The maximum absolute atomic E-state index is 12.7. The molecule has 0 saturated carbocycles. The summed E-state index contributed by atoms with van der Waals surface area (Å²) >= 11 is 1.35. The number of nitrogens with one attached hydrogen (secondary N) is 1. The zero-order valence-electron chi connectivity index (χ0n) is 20.7. The highest BCUT2D eigenvalue weighted by atomic mass is 32.1. The number of methoxy groups -OCH3 is 1. The molecule has 2 amide bonds. The summed E-state index contributed by atoms with van der Waals surface area (Å²) in [6, 6.07) is 9.83. The Morgan fingerprint density at radius 1 is 1.28 bits per heavy atom. The normalized spacial score (nSPS) is 12.6. The van der Waals surface area contributed by atoms with Gasteiger partial charge in [-0.2, -0.15) is 5.26 Å². The predicted octanol–water partition coefficient (Wildman–Crippen LogP) is 4.21. The van der Waals surface area contributed by atoms with E-state index >= 15 is 0 Å². The van der Waals surface area contributed by atoms with Gasteiger partial charge in [-0.05, 0) is 43.9 Å². The van der Waals surface area contributed by atoms with Crippen LogP contribution in [0.25, 0.3) is 0 Å². The lowest BCUT2D eigenvalue weighted by atomic mass is 10.0. The van der Waals surface area contributed by atoms with Gasteiger partial charge >= 0.3 is 6.09 Å². The molecule has 0 spiro atoms. The number of carbonyl (C=O) groups excluding carboxylic acids is 2. The van der Waals surface area contributed by atoms with Crippen molar-refractivity contribution in [2.45, 2.75) is 46.2 Å². The summed E-state index contributed by atoms with van der Waals surface area (Å²) < 4.78 is 12.8. The number of benzene rings is 1. The van der Waals surface area contributed by atoms with Gasteiger partial charge in [0.2, 0.25) is 5.91 Å². The van der Waals surface area contributed by atoms with E-state index < -0.39 is 0 Å². The number of amides is 2. The first-order valence-electron chi connectivity index (χ1n) is 11.8. The van der Waals surface area contributed by atoms with Crippen LogP contribution in [0.3, 0.4) is 0 Å². The molecule has 2 aromatic heterocycles. The Bertz CT molecular complexity index is 1310. The Labute approximate surface area is 214 Å². The van der Waals surface area contributed by atoms with E-state index in [2.05, 4.69) is 16.4 Å². The molecule has 0 unspecified atom stereocenters. The minimum atomic E-state index is -0.385. The van der Waals surface area contributed by atoms with Crippen molar-refractivity contribution in [3.8, 4) is 11.8 Å². The van der Waals surface area contributed by atoms with Crippen molar-refractivity contribution in [1.29, 1.82) is 5.26 Å². The van der Waals surface area contributed by atoms with Gasteiger partial charge in [0.15, 0.2) is 0 Å². The highest BCUT2D eigenvalue weighted by Gasteiger charge is 2.28. The van der Waals surface area contributed by atoms with Crippen molar-refractivity contribution in [2.24, 2.45) is 0 Å². The van der Waals surface area contributed by atoms with E-state index in [-0.39, 0.29) is 25.0 Å². The summed E-state index contributed by atoms with van der Waals surface area (Å²) in [5.41, 5.74) is 3.26. The van der Waals surface area contributed by atoms with Gasteiger partial charge < -0.3 is 24.3 Å². The van der Waals surface area contributed by atoms with Crippen molar-refractivity contribution in [2.75, 3.05) is 25.6 Å². The molecule has 0 atom stereocenters. The molecule has 3 aromatic rings. The Balaban J connectivity index is 1.34. The molecule has 1 aliphatic heterocycles. The molecule has 1 aliphatic rings. The standard InChI is InChI=1S/C26H29N5O4S/c1-17-15-30(18(2)28-17)12-13-35-26(33)31-11-10-20-21(14-27)25(36-23(20)16-31)29-24(32)9-8-19-6-4-5-7-22(19)34-3/h4-7,15H,8-13,16H2,1-3H3,(H,29,32). The van der Waals surface area contributed by atoms with Crippen molar-refractivity contribution in [1.82, 2.24) is 14.5 Å². The first kappa shape index (κ1) is 25.3. The second kappa shape index (κ2) is 11.3. The van der Waals surface area contributed by atoms with Crippen LogP contribution in [0.4, 0.5) is 9.80 Å². The van der Waals surface area contributed by atoms with Crippen molar-refractivity contribution in [3.63, 3.8) is 0 Å². The SMILES string of the molecule is COc1ccccc1CCC(=O)Nc1sc2c(c1C#N)CCN(C(=O)OCCn1cc(C)nc1C)C2. The van der Waals surface area contributed by atoms with Gasteiger partial charge in [-0.1, -0.05) is 18.2 Å². The van der Waals surface area contributed by atoms with Crippen LogP contribution in [-0.2, 0) is 35.5 Å². The number of anilines is 1. The maximum atomic E-state index is 12.7. The topological polar surface area (TPSA) is 109 Å². The Kier molecular flexibility index (Phi) is 7.90. The van der Waals surface area contributed by atoms with Crippen LogP contribution in [0.1, 0.15) is 39.5 Å². The van der Waals surface area contributed by atoms with Crippen LogP contribution in [0.2, 0.25) is 0 Å². The molecule has 0 bridgehead atoms. The third-order valence-corrected chi connectivity index (χ3v) is 7.28. The number of carbonyl (C=O) groups is 2.